The molecule has 0 fully saturated rings. The number of nitrogen functional groups attached to an aromatic ring is 1. The van der Waals surface area contributed by atoms with Crippen LogP contribution in [0.4, 0.5) is 16.0 Å². The number of hydrogen-bond donors (Lipinski definition) is 3. The van der Waals surface area contributed by atoms with Gasteiger partial charge in [-0.3, -0.25) is 10.2 Å². The number of halogens is 1. The molecule has 41 heavy (non-hydrogen) atoms. The van der Waals surface area contributed by atoms with Crippen molar-refractivity contribution in [2.75, 3.05) is 24.3 Å². The van der Waals surface area contributed by atoms with Gasteiger partial charge in [-0.15, -0.1) is 0 Å². The van der Waals surface area contributed by atoms with Crippen molar-refractivity contribution < 1.29 is 18.3 Å². The third kappa shape index (κ3) is 4.95. The summed E-state index contributed by atoms with van der Waals surface area (Å²) in [5.41, 5.74) is 7.85. The number of nitrogens with two attached hydrogens (primary N) is 1. The van der Waals surface area contributed by atoms with Gasteiger partial charge in [-0.1, -0.05) is 24.3 Å². The van der Waals surface area contributed by atoms with E-state index in [1.54, 1.807) is 61.5 Å². The van der Waals surface area contributed by atoms with Crippen LogP contribution in [0.3, 0.4) is 0 Å². The van der Waals surface area contributed by atoms with Crippen molar-refractivity contribution in [1.82, 2.24) is 9.97 Å². The minimum atomic E-state index is -0.643. The molecule has 1 aliphatic heterocycles. The zero-order valence-corrected chi connectivity index (χ0v) is 22.1. The van der Waals surface area contributed by atoms with E-state index in [1.165, 1.54) is 18.5 Å². The van der Waals surface area contributed by atoms with Gasteiger partial charge in [-0.05, 0) is 55.0 Å². The molecule has 5 aromatic rings. The van der Waals surface area contributed by atoms with E-state index in [9.17, 15) is 9.18 Å². The van der Waals surface area contributed by atoms with Gasteiger partial charge in [0.2, 0.25) is 5.43 Å². The van der Waals surface area contributed by atoms with E-state index in [0.29, 0.717) is 46.8 Å². The average molecular weight is 552 g/mol. The maximum Gasteiger partial charge on any atom is 0.200 e. The van der Waals surface area contributed by atoms with E-state index in [-0.39, 0.29) is 39.7 Å². The van der Waals surface area contributed by atoms with Crippen molar-refractivity contribution in [2.45, 2.75) is 19.4 Å². The Labute approximate surface area is 234 Å². The van der Waals surface area contributed by atoms with E-state index < -0.39 is 11.9 Å². The summed E-state index contributed by atoms with van der Waals surface area (Å²) in [5.74, 6) is 1.32. The quantitative estimate of drug-likeness (QED) is 0.228. The largest absolute Gasteiger partial charge is 0.490 e. The van der Waals surface area contributed by atoms with Crippen LogP contribution in [-0.2, 0) is 0 Å². The van der Waals surface area contributed by atoms with E-state index in [4.69, 9.17) is 25.0 Å². The molecule has 0 spiro atoms. The van der Waals surface area contributed by atoms with Crippen molar-refractivity contribution in [3.8, 4) is 22.6 Å². The fourth-order valence-corrected chi connectivity index (χ4v) is 4.87. The number of anilines is 2. The van der Waals surface area contributed by atoms with E-state index in [2.05, 4.69) is 15.3 Å². The molecule has 9 nitrogen and oxygen atoms in total. The van der Waals surface area contributed by atoms with Crippen LogP contribution in [0.25, 0.3) is 22.1 Å². The topological polar surface area (TPSA) is 136 Å². The number of ether oxygens (including phenoxy) is 2. The molecule has 1 unspecified atom stereocenters. The van der Waals surface area contributed by atoms with Crippen LogP contribution < -0.4 is 26.0 Å². The first-order chi connectivity index (χ1) is 19.9. The number of para-hydroxylation sites is 1. The summed E-state index contributed by atoms with van der Waals surface area (Å²) in [6.45, 7) is 2.85. The number of benzene rings is 3. The van der Waals surface area contributed by atoms with Crippen LogP contribution in [0.2, 0.25) is 0 Å². The second-order valence-corrected chi connectivity index (χ2v) is 9.61. The van der Waals surface area contributed by atoms with Crippen LogP contribution in [0, 0.1) is 11.2 Å². The molecule has 206 valence electrons. The maximum atomic E-state index is 14.2. The summed E-state index contributed by atoms with van der Waals surface area (Å²) in [6, 6.07) is 17.3. The lowest BCUT2D eigenvalue weighted by Crippen LogP contribution is -2.18. The minimum absolute atomic E-state index is 0.0683. The molecule has 10 heteroatoms. The highest BCUT2D eigenvalue weighted by Crippen LogP contribution is 2.34. The second-order valence-electron chi connectivity index (χ2n) is 9.61. The summed E-state index contributed by atoms with van der Waals surface area (Å²) in [6.07, 6.45) is 2.05. The van der Waals surface area contributed by atoms with Crippen LogP contribution in [0.15, 0.2) is 82.3 Å². The van der Waals surface area contributed by atoms with Gasteiger partial charge in [0.05, 0.1) is 41.5 Å². The molecule has 0 radical (unpaired) electrons. The normalized spacial score (nSPS) is 13.4. The first kappa shape index (κ1) is 26.0. The molecule has 1 aliphatic rings. The summed E-state index contributed by atoms with van der Waals surface area (Å²) >= 11 is 0. The number of hydrogen-bond acceptors (Lipinski definition) is 9. The van der Waals surface area contributed by atoms with Gasteiger partial charge in [-0.2, -0.15) is 0 Å². The molecule has 6 rings (SSSR count). The standard InChI is InChI=1S/C31H26FN5O4/c1-17(29-25(18-6-4-7-20(32)14-18)28(38)21-8-2-3-9-22(21)41-29)37-31-26(30(34)35-16-36-31)27(33)19-10-11-23-24(15-19)40-13-5-12-39-23/h2-4,6-11,14-17,33H,5,12-13H2,1H3,(H3,34,35,36,37). The Morgan fingerprint density at radius 2 is 1.83 bits per heavy atom. The Bertz CT molecular complexity index is 1860. The van der Waals surface area contributed by atoms with Crippen LogP contribution >= 0.6 is 0 Å². The monoisotopic (exact) mass is 551 g/mol. The number of nitrogens with one attached hydrogen (secondary N) is 2. The van der Waals surface area contributed by atoms with Crippen molar-refractivity contribution in [3.05, 3.63) is 106 Å². The summed E-state index contributed by atoms with van der Waals surface area (Å²) in [4.78, 5) is 22.2. The van der Waals surface area contributed by atoms with Gasteiger partial charge in [0.15, 0.2) is 11.5 Å². The molecule has 2 aromatic heterocycles. The Hall–Kier alpha value is -5.25. The average Bonchev–Trinajstić information content (AvgIpc) is 3.22. The lowest BCUT2D eigenvalue weighted by atomic mass is 9.98. The molecule has 3 heterocycles. The van der Waals surface area contributed by atoms with Gasteiger partial charge in [0.1, 0.15) is 35.1 Å². The van der Waals surface area contributed by atoms with Gasteiger partial charge >= 0.3 is 0 Å². The van der Waals surface area contributed by atoms with Crippen molar-refractivity contribution in [2.24, 2.45) is 0 Å². The highest BCUT2D eigenvalue weighted by Gasteiger charge is 2.25. The molecule has 4 N–H and O–H groups in total. The van der Waals surface area contributed by atoms with Gasteiger partial charge < -0.3 is 24.9 Å². The SMILES string of the molecule is CC(Nc1ncnc(N)c1C(=N)c1ccc2c(c1)OCCCO2)c1oc2ccccc2c(=O)c1-c1cccc(F)c1. The van der Waals surface area contributed by atoms with Crippen LogP contribution in [0.1, 0.15) is 36.3 Å². The zero-order valence-electron chi connectivity index (χ0n) is 22.1. The van der Waals surface area contributed by atoms with Gasteiger partial charge in [0, 0.05) is 12.0 Å². The maximum absolute atomic E-state index is 14.2. The fraction of sp³-hybridized carbons (Fsp3) is 0.161. The van der Waals surface area contributed by atoms with Crippen molar-refractivity contribution in [3.63, 3.8) is 0 Å². The predicted molar refractivity (Wildman–Crippen MR) is 154 cm³/mol. The number of rotatable bonds is 6. The lowest BCUT2D eigenvalue weighted by Gasteiger charge is -2.20. The Morgan fingerprint density at radius 3 is 2.66 bits per heavy atom. The predicted octanol–water partition coefficient (Wildman–Crippen LogP) is 5.72. The van der Waals surface area contributed by atoms with Crippen LogP contribution in [0.5, 0.6) is 11.5 Å². The Balaban J connectivity index is 1.42. The molecule has 0 aliphatic carbocycles. The molecule has 0 saturated heterocycles. The summed E-state index contributed by atoms with van der Waals surface area (Å²) in [7, 11) is 0. The van der Waals surface area contributed by atoms with Crippen molar-refractivity contribution >= 4 is 28.3 Å². The Kier molecular flexibility index (Phi) is 6.80. The third-order valence-electron chi connectivity index (χ3n) is 6.85. The van der Waals surface area contributed by atoms with Gasteiger partial charge in [0.25, 0.3) is 0 Å². The fourth-order valence-electron chi connectivity index (χ4n) is 4.87. The summed E-state index contributed by atoms with van der Waals surface area (Å²) in [5, 5.41) is 12.6. The first-order valence-corrected chi connectivity index (χ1v) is 13.1. The molecular weight excluding hydrogens is 525 g/mol. The molecular formula is C31H26FN5O4. The second kappa shape index (κ2) is 10.7. The molecule has 3 aromatic carbocycles. The van der Waals surface area contributed by atoms with Gasteiger partial charge in [-0.25, -0.2) is 14.4 Å². The van der Waals surface area contributed by atoms with Crippen LogP contribution in [-0.4, -0.2) is 28.9 Å². The smallest absolute Gasteiger partial charge is 0.200 e. The first-order valence-electron chi connectivity index (χ1n) is 13.1. The molecule has 0 amide bonds. The zero-order chi connectivity index (χ0) is 28.5. The molecule has 0 saturated carbocycles. The lowest BCUT2D eigenvalue weighted by molar-refractivity contribution is 0.297. The number of aromatic nitrogens is 2. The highest BCUT2D eigenvalue weighted by atomic mass is 19.1. The highest BCUT2D eigenvalue weighted by molar-refractivity contribution is 6.16. The van der Waals surface area contributed by atoms with E-state index >= 15 is 0 Å². The molecule has 0 bridgehead atoms. The number of fused-ring (bicyclic) bond motifs is 2. The minimum Gasteiger partial charge on any atom is -0.490 e. The third-order valence-corrected chi connectivity index (χ3v) is 6.85. The van der Waals surface area contributed by atoms with Crippen molar-refractivity contribution in [1.29, 1.82) is 5.41 Å². The Morgan fingerprint density at radius 1 is 1.02 bits per heavy atom. The summed E-state index contributed by atoms with van der Waals surface area (Å²) < 4.78 is 32.0. The number of nitrogens with zero attached hydrogens (tertiary/aromatic N) is 2. The molecule has 1 atom stereocenters. The van der Waals surface area contributed by atoms with E-state index in [1.807, 2.05) is 0 Å². The van der Waals surface area contributed by atoms with E-state index in [0.717, 1.165) is 6.42 Å².